The first-order valence-electron chi connectivity index (χ1n) is 7.21. The fourth-order valence-corrected chi connectivity index (χ4v) is 3.22. The maximum atomic E-state index is 12.5. The lowest BCUT2D eigenvalue weighted by molar-refractivity contribution is 0.0697. The van der Waals surface area contributed by atoms with Crippen LogP contribution in [0.2, 0.25) is 0 Å². The fourth-order valence-electron chi connectivity index (χ4n) is 2.35. The molecule has 1 aliphatic heterocycles. The normalized spacial score (nSPS) is 15.9. The van der Waals surface area contributed by atoms with E-state index in [1.165, 1.54) is 0 Å². The lowest BCUT2D eigenvalue weighted by Crippen LogP contribution is -2.39. The Kier molecular flexibility index (Phi) is 5.28. The van der Waals surface area contributed by atoms with Crippen molar-refractivity contribution in [3.05, 3.63) is 23.8 Å². The Labute approximate surface area is 131 Å². The number of benzene rings is 1. The standard InChI is InChI=1S/C16H21N2O3P/c1-4-17-15-6-5-13(22(2,3)20)11-14(15)16(19)18-12-7-9-21-10-8-12/h1,5-6,11-12,17H,7-10H2,2-3H3,(H,18,19). The number of hydrogen-bond donors (Lipinski definition) is 2. The van der Waals surface area contributed by atoms with Crippen molar-refractivity contribution in [2.45, 2.75) is 18.9 Å². The molecule has 1 saturated heterocycles. The summed E-state index contributed by atoms with van der Waals surface area (Å²) in [5, 5.41) is 6.38. The molecule has 1 amide bonds. The number of nitrogens with one attached hydrogen (secondary N) is 2. The minimum absolute atomic E-state index is 0.0960. The van der Waals surface area contributed by atoms with E-state index in [1.54, 1.807) is 31.5 Å². The maximum absolute atomic E-state index is 12.5. The number of carbonyl (C=O) groups is 1. The molecule has 0 aliphatic carbocycles. The van der Waals surface area contributed by atoms with Gasteiger partial charge in [0.05, 0.1) is 11.3 Å². The molecule has 1 aromatic rings. The van der Waals surface area contributed by atoms with Gasteiger partial charge in [0.1, 0.15) is 7.14 Å². The van der Waals surface area contributed by atoms with Gasteiger partial charge in [-0.25, -0.2) is 0 Å². The Morgan fingerprint density at radius 2 is 2.05 bits per heavy atom. The highest BCUT2D eigenvalue weighted by atomic mass is 31.2. The number of ether oxygens (including phenoxy) is 1. The Balaban J connectivity index is 2.27. The van der Waals surface area contributed by atoms with Gasteiger partial charge < -0.3 is 19.9 Å². The number of amides is 1. The van der Waals surface area contributed by atoms with Crippen molar-refractivity contribution >= 4 is 24.0 Å². The monoisotopic (exact) mass is 320 g/mol. The van der Waals surface area contributed by atoms with Gasteiger partial charge in [0.2, 0.25) is 0 Å². The Morgan fingerprint density at radius 1 is 1.36 bits per heavy atom. The zero-order valence-electron chi connectivity index (χ0n) is 12.9. The average molecular weight is 320 g/mol. The fraction of sp³-hybridized carbons (Fsp3) is 0.438. The van der Waals surface area contributed by atoms with Gasteiger partial charge in [-0.15, -0.1) is 0 Å². The van der Waals surface area contributed by atoms with Gasteiger partial charge in [-0.05, 0) is 44.4 Å². The first kappa shape index (κ1) is 16.6. The number of carbonyl (C=O) groups excluding carboxylic acids is 1. The molecule has 1 fully saturated rings. The van der Waals surface area contributed by atoms with Crippen LogP contribution >= 0.6 is 7.14 Å². The van der Waals surface area contributed by atoms with Crippen LogP contribution in [0.15, 0.2) is 18.2 Å². The molecule has 0 aromatic heterocycles. The van der Waals surface area contributed by atoms with Gasteiger partial charge in [0, 0.05) is 30.6 Å². The third-order valence-electron chi connectivity index (χ3n) is 3.63. The second-order valence-electron chi connectivity index (χ2n) is 5.71. The Morgan fingerprint density at radius 3 is 2.64 bits per heavy atom. The molecule has 2 rings (SSSR count). The largest absolute Gasteiger partial charge is 0.381 e. The highest BCUT2D eigenvalue weighted by Gasteiger charge is 2.21. The third kappa shape index (κ3) is 4.13. The number of terminal acetylenes is 1. The van der Waals surface area contributed by atoms with E-state index < -0.39 is 7.14 Å². The van der Waals surface area contributed by atoms with Crippen LogP contribution < -0.4 is 15.9 Å². The summed E-state index contributed by atoms with van der Waals surface area (Å²) in [7, 11) is -2.45. The molecular weight excluding hydrogens is 299 g/mol. The second kappa shape index (κ2) is 7.00. The third-order valence-corrected chi connectivity index (χ3v) is 5.15. The molecule has 0 atom stereocenters. The van der Waals surface area contributed by atoms with Crippen LogP contribution in [0.1, 0.15) is 23.2 Å². The van der Waals surface area contributed by atoms with Crippen LogP contribution in [0.25, 0.3) is 0 Å². The van der Waals surface area contributed by atoms with Crippen molar-refractivity contribution in [2.75, 3.05) is 31.9 Å². The molecule has 0 spiro atoms. The highest BCUT2D eigenvalue weighted by molar-refractivity contribution is 7.70. The molecular formula is C16H21N2O3P. The van der Waals surface area contributed by atoms with E-state index >= 15 is 0 Å². The quantitative estimate of drug-likeness (QED) is 0.505. The van der Waals surface area contributed by atoms with Crippen LogP contribution in [0, 0.1) is 12.5 Å². The summed E-state index contributed by atoms with van der Waals surface area (Å²) in [6.45, 7) is 4.66. The summed E-state index contributed by atoms with van der Waals surface area (Å²) in [6, 6.07) is 7.52. The van der Waals surface area contributed by atoms with Crippen LogP contribution in [0.5, 0.6) is 0 Å². The first-order valence-corrected chi connectivity index (χ1v) is 9.82. The van der Waals surface area contributed by atoms with Crippen molar-refractivity contribution in [1.82, 2.24) is 5.32 Å². The van der Waals surface area contributed by atoms with E-state index in [4.69, 9.17) is 11.2 Å². The number of rotatable bonds is 4. The topological polar surface area (TPSA) is 67.4 Å². The van der Waals surface area contributed by atoms with E-state index in [2.05, 4.69) is 16.7 Å². The average Bonchev–Trinajstić information content (AvgIpc) is 2.47. The molecule has 1 heterocycles. The molecule has 2 N–H and O–H groups in total. The molecule has 0 unspecified atom stereocenters. The van der Waals surface area contributed by atoms with Gasteiger partial charge in [0.15, 0.2) is 0 Å². The smallest absolute Gasteiger partial charge is 0.253 e. The molecule has 0 radical (unpaired) electrons. The summed E-state index contributed by atoms with van der Waals surface area (Å²) >= 11 is 0. The molecule has 118 valence electrons. The van der Waals surface area contributed by atoms with E-state index in [0.29, 0.717) is 29.8 Å². The molecule has 1 aliphatic rings. The van der Waals surface area contributed by atoms with Gasteiger partial charge in [0.25, 0.3) is 5.91 Å². The first-order chi connectivity index (χ1) is 10.4. The van der Waals surface area contributed by atoms with E-state index in [0.717, 1.165) is 12.8 Å². The summed E-state index contributed by atoms with van der Waals surface area (Å²) < 4.78 is 17.5. The maximum Gasteiger partial charge on any atom is 0.253 e. The summed E-state index contributed by atoms with van der Waals surface area (Å²) in [6.07, 6.45) is 6.86. The van der Waals surface area contributed by atoms with Crippen molar-refractivity contribution in [2.24, 2.45) is 0 Å². The van der Waals surface area contributed by atoms with E-state index in [1.807, 2.05) is 0 Å². The number of hydrogen-bond acceptors (Lipinski definition) is 4. The van der Waals surface area contributed by atoms with Crippen LogP contribution in [-0.2, 0) is 9.30 Å². The Bertz CT molecular complexity index is 639. The summed E-state index contributed by atoms with van der Waals surface area (Å²) in [5.74, 6) is -0.208. The second-order valence-corrected chi connectivity index (χ2v) is 8.93. The van der Waals surface area contributed by atoms with Crippen LogP contribution in [-0.4, -0.2) is 38.5 Å². The number of anilines is 1. The molecule has 6 heteroatoms. The molecule has 0 saturated carbocycles. The zero-order chi connectivity index (χ0) is 16.2. The predicted molar refractivity (Wildman–Crippen MR) is 89.3 cm³/mol. The summed E-state index contributed by atoms with van der Waals surface area (Å²) in [4.78, 5) is 12.5. The van der Waals surface area contributed by atoms with E-state index in [9.17, 15) is 9.36 Å². The van der Waals surface area contributed by atoms with Gasteiger partial charge in [-0.2, -0.15) is 0 Å². The minimum Gasteiger partial charge on any atom is -0.381 e. The highest BCUT2D eigenvalue weighted by Crippen LogP contribution is 2.35. The predicted octanol–water partition coefficient (Wildman–Crippen LogP) is 1.85. The molecule has 1 aromatic carbocycles. The SMILES string of the molecule is C#CNc1ccc(P(C)(C)=O)cc1C(=O)NC1CCOCC1. The van der Waals surface area contributed by atoms with Crippen molar-refractivity contribution in [1.29, 1.82) is 0 Å². The van der Waals surface area contributed by atoms with Crippen LogP contribution in [0.4, 0.5) is 5.69 Å². The van der Waals surface area contributed by atoms with E-state index in [-0.39, 0.29) is 11.9 Å². The lowest BCUT2D eigenvalue weighted by Gasteiger charge is -2.23. The molecule has 22 heavy (non-hydrogen) atoms. The lowest BCUT2D eigenvalue weighted by atomic mass is 10.1. The van der Waals surface area contributed by atoms with Crippen molar-refractivity contribution in [3.63, 3.8) is 0 Å². The van der Waals surface area contributed by atoms with Gasteiger partial charge in [-0.3, -0.25) is 4.79 Å². The minimum atomic E-state index is -2.45. The van der Waals surface area contributed by atoms with Crippen LogP contribution in [0.3, 0.4) is 0 Å². The molecule has 0 bridgehead atoms. The van der Waals surface area contributed by atoms with Crippen molar-refractivity contribution < 1.29 is 14.1 Å². The van der Waals surface area contributed by atoms with Crippen molar-refractivity contribution in [3.8, 4) is 12.5 Å². The van der Waals surface area contributed by atoms with Gasteiger partial charge >= 0.3 is 0 Å². The zero-order valence-corrected chi connectivity index (χ0v) is 13.8. The molecule has 5 nitrogen and oxygen atoms in total. The van der Waals surface area contributed by atoms with Gasteiger partial charge in [-0.1, -0.05) is 6.42 Å². The summed E-state index contributed by atoms with van der Waals surface area (Å²) in [5.41, 5.74) is 0.968. The Hall–Kier alpha value is -1.76.